The van der Waals surface area contributed by atoms with Crippen LogP contribution in [0.1, 0.15) is 80.6 Å². The molecule has 0 spiro atoms. The second-order valence-corrected chi connectivity index (χ2v) is 10.2. The van der Waals surface area contributed by atoms with E-state index in [9.17, 15) is 19.2 Å². The summed E-state index contributed by atoms with van der Waals surface area (Å²) in [5.74, 6) is -0.652. The maximum atomic E-state index is 12.5. The molecule has 4 amide bonds. The van der Waals surface area contributed by atoms with Crippen molar-refractivity contribution in [2.75, 3.05) is 13.2 Å². The molecule has 170 valence electrons. The van der Waals surface area contributed by atoms with Crippen molar-refractivity contribution in [2.24, 2.45) is 17.8 Å². The van der Waals surface area contributed by atoms with Gasteiger partial charge in [-0.2, -0.15) is 0 Å². The summed E-state index contributed by atoms with van der Waals surface area (Å²) in [6.07, 6.45) is 2.33. The molecule has 30 heavy (non-hydrogen) atoms. The Bertz CT molecular complexity index is 698. The topological polar surface area (TPSA) is 84.0 Å². The smallest absolute Gasteiger partial charge is 0.233 e. The lowest BCUT2D eigenvalue weighted by atomic mass is 9.94. The fraction of sp³-hybridized carbons (Fsp3) is 0.826. The summed E-state index contributed by atoms with van der Waals surface area (Å²) in [6, 6.07) is 0. The van der Waals surface area contributed by atoms with E-state index >= 15 is 0 Å². The molecular weight excluding hydrogens is 384 g/mol. The van der Waals surface area contributed by atoms with Gasteiger partial charge in [-0.1, -0.05) is 20.8 Å². The Kier molecular flexibility index (Phi) is 7.49. The van der Waals surface area contributed by atoms with Crippen molar-refractivity contribution >= 4 is 23.6 Å². The first-order valence-corrected chi connectivity index (χ1v) is 11.2. The van der Waals surface area contributed by atoms with Gasteiger partial charge in [0.25, 0.3) is 0 Å². The third kappa shape index (κ3) is 5.29. The average molecular weight is 423 g/mol. The molecule has 7 nitrogen and oxygen atoms in total. The Hall–Kier alpha value is -1.76. The molecular formula is C23H38N2O5. The summed E-state index contributed by atoms with van der Waals surface area (Å²) >= 11 is 0. The van der Waals surface area contributed by atoms with Crippen molar-refractivity contribution in [1.29, 1.82) is 0 Å². The molecule has 0 bridgehead atoms. The molecule has 0 aromatic heterocycles. The predicted molar refractivity (Wildman–Crippen MR) is 113 cm³/mol. The van der Waals surface area contributed by atoms with Crippen LogP contribution in [0.15, 0.2) is 0 Å². The van der Waals surface area contributed by atoms with Crippen molar-refractivity contribution in [3.63, 3.8) is 0 Å². The van der Waals surface area contributed by atoms with Gasteiger partial charge in [-0.3, -0.25) is 29.0 Å². The van der Waals surface area contributed by atoms with Crippen LogP contribution in [0.4, 0.5) is 0 Å². The van der Waals surface area contributed by atoms with E-state index in [0.717, 1.165) is 0 Å². The van der Waals surface area contributed by atoms with Gasteiger partial charge in [0.1, 0.15) is 0 Å². The van der Waals surface area contributed by atoms with Crippen LogP contribution < -0.4 is 0 Å². The maximum absolute atomic E-state index is 12.5. The van der Waals surface area contributed by atoms with Crippen LogP contribution >= 0.6 is 0 Å². The molecule has 0 radical (unpaired) electrons. The van der Waals surface area contributed by atoms with Crippen LogP contribution in [-0.2, 0) is 23.9 Å². The first-order chi connectivity index (χ1) is 13.8. The third-order valence-corrected chi connectivity index (χ3v) is 6.57. The number of carbonyl (C=O) groups excluding carboxylic acids is 4. The number of imide groups is 2. The molecule has 2 fully saturated rings. The highest BCUT2D eigenvalue weighted by atomic mass is 16.5. The van der Waals surface area contributed by atoms with E-state index in [4.69, 9.17) is 4.74 Å². The molecule has 2 aliphatic rings. The number of ether oxygens (including phenoxy) is 1. The van der Waals surface area contributed by atoms with Crippen LogP contribution in [-0.4, -0.2) is 57.7 Å². The number of likely N-dealkylation sites (tertiary alicyclic amines) is 2. The largest absolute Gasteiger partial charge is 0.375 e. The van der Waals surface area contributed by atoms with Crippen LogP contribution in [0.25, 0.3) is 0 Å². The summed E-state index contributed by atoms with van der Waals surface area (Å²) in [5, 5.41) is 0. The molecule has 2 aliphatic heterocycles. The summed E-state index contributed by atoms with van der Waals surface area (Å²) in [4.78, 5) is 52.3. The van der Waals surface area contributed by atoms with Gasteiger partial charge >= 0.3 is 0 Å². The van der Waals surface area contributed by atoms with E-state index in [1.165, 1.54) is 9.80 Å². The zero-order chi connectivity index (χ0) is 22.9. The number of carbonyl (C=O) groups is 4. The van der Waals surface area contributed by atoms with E-state index in [1.54, 1.807) is 0 Å². The van der Waals surface area contributed by atoms with E-state index in [0.29, 0.717) is 45.3 Å². The minimum atomic E-state index is -0.612. The molecule has 2 atom stereocenters. The lowest BCUT2D eigenvalue weighted by Crippen LogP contribution is -2.49. The van der Waals surface area contributed by atoms with Gasteiger partial charge in [0.05, 0.1) is 5.60 Å². The highest BCUT2D eigenvalue weighted by Crippen LogP contribution is 2.32. The molecule has 2 rings (SSSR count). The van der Waals surface area contributed by atoms with E-state index in [2.05, 4.69) is 0 Å². The number of rotatable bonds is 10. The van der Waals surface area contributed by atoms with Gasteiger partial charge in [-0.25, -0.2) is 0 Å². The summed E-state index contributed by atoms with van der Waals surface area (Å²) in [6.45, 7) is 14.2. The first kappa shape index (κ1) is 24.5. The molecule has 0 N–H and O–H groups in total. The maximum Gasteiger partial charge on any atom is 0.233 e. The fourth-order valence-electron chi connectivity index (χ4n) is 4.26. The summed E-state index contributed by atoms with van der Waals surface area (Å²) < 4.78 is 6.05. The molecule has 7 heteroatoms. The van der Waals surface area contributed by atoms with Crippen LogP contribution in [0, 0.1) is 17.8 Å². The minimum absolute atomic E-state index is 0.0801. The number of hydrogen-bond donors (Lipinski definition) is 0. The molecule has 2 heterocycles. The normalized spacial score (nSPS) is 23.5. The van der Waals surface area contributed by atoms with Crippen molar-refractivity contribution in [3.05, 3.63) is 0 Å². The lowest BCUT2D eigenvalue weighted by molar-refractivity contribution is -0.146. The van der Waals surface area contributed by atoms with Crippen LogP contribution in [0.5, 0.6) is 0 Å². The SMILES string of the molecule is CCC1CC(=O)N(C(C)(C)CCOC(C)(C)CCN2C(=O)CC(C(C)C)C2=O)C1=O. The Morgan fingerprint density at radius 1 is 0.967 bits per heavy atom. The van der Waals surface area contributed by atoms with Gasteiger partial charge in [0, 0.05) is 43.4 Å². The number of hydrogen-bond acceptors (Lipinski definition) is 5. The summed E-state index contributed by atoms with van der Waals surface area (Å²) in [7, 11) is 0. The lowest BCUT2D eigenvalue weighted by Gasteiger charge is -2.36. The predicted octanol–water partition coefficient (Wildman–Crippen LogP) is 3.16. The number of amides is 4. The minimum Gasteiger partial charge on any atom is -0.375 e. The Balaban J connectivity index is 1.86. The van der Waals surface area contributed by atoms with Gasteiger partial charge in [-0.15, -0.1) is 0 Å². The standard InChI is InChI=1S/C23H38N2O5/c1-8-16-13-19(27)25(20(16)28)22(4,5)10-12-30-23(6,7)9-11-24-18(26)14-17(15(2)3)21(24)29/h15-17H,8-14H2,1-7H3. The Morgan fingerprint density at radius 2 is 1.60 bits per heavy atom. The van der Waals surface area contributed by atoms with Crippen molar-refractivity contribution in [1.82, 2.24) is 9.80 Å². The van der Waals surface area contributed by atoms with E-state index in [-0.39, 0.29) is 41.4 Å². The quantitative estimate of drug-likeness (QED) is 0.505. The van der Waals surface area contributed by atoms with E-state index in [1.807, 2.05) is 48.5 Å². The monoisotopic (exact) mass is 422 g/mol. The van der Waals surface area contributed by atoms with Crippen molar-refractivity contribution in [2.45, 2.75) is 91.7 Å². The summed E-state index contributed by atoms with van der Waals surface area (Å²) in [5.41, 5.74) is -1.14. The van der Waals surface area contributed by atoms with Gasteiger partial charge in [0.2, 0.25) is 23.6 Å². The zero-order valence-electron chi connectivity index (χ0n) is 19.6. The van der Waals surface area contributed by atoms with Gasteiger partial charge in [0.15, 0.2) is 0 Å². The van der Waals surface area contributed by atoms with Crippen molar-refractivity contribution in [3.8, 4) is 0 Å². The molecule has 0 saturated carbocycles. The second kappa shape index (κ2) is 9.16. The van der Waals surface area contributed by atoms with Gasteiger partial charge < -0.3 is 4.74 Å². The van der Waals surface area contributed by atoms with Crippen LogP contribution in [0.2, 0.25) is 0 Å². The zero-order valence-corrected chi connectivity index (χ0v) is 19.6. The first-order valence-electron chi connectivity index (χ1n) is 11.2. The molecule has 2 saturated heterocycles. The average Bonchev–Trinajstić information content (AvgIpc) is 3.08. The number of nitrogens with zero attached hydrogens (tertiary/aromatic N) is 2. The highest BCUT2D eigenvalue weighted by Gasteiger charge is 2.45. The highest BCUT2D eigenvalue weighted by molar-refractivity contribution is 6.04. The van der Waals surface area contributed by atoms with E-state index < -0.39 is 11.1 Å². The Morgan fingerprint density at radius 3 is 2.10 bits per heavy atom. The second-order valence-electron chi connectivity index (χ2n) is 10.2. The molecule has 0 aromatic carbocycles. The van der Waals surface area contributed by atoms with Crippen molar-refractivity contribution < 1.29 is 23.9 Å². The molecule has 2 unspecified atom stereocenters. The Labute approximate surface area is 180 Å². The molecule has 0 aromatic rings. The van der Waals surface area contributed by atoms with Gasteiger partial charge in [-0.05, 0) is 52.9 Å². The van der Waals surface area contributed by atoms with Crippen LogP contribution in [0.3, 0.4) is 0 Å². The fourth-order valence-corrected chi connectivity index (χ4v) is 4.26. The third-order valence-electron chi connectivity index (χ3n) is 6.57. The molecule has 0 aliphatic carbocycles.